The Morgan fingerprint density at radius 2 is 2.11 bits per heavy atom. The largest absolute Gasteiger partial charge is 0.465 e. The van der Waals surface area contributed by atoms with Crippen LogP contribution in [0.2, 0.25) is 0 Å². The van der Waals surface area contributed by atoms with Gasteiger partial charge in [-0.1, -0.05) is 12.1 Å². The second kappa shape index (κ2) is 4.26. The van der Waals surface area contributed by atoms with Gasteiger partial charge in [-0.05, 0) is 24.1 Å². The zero-order chi connectivity index (χ0) is 13.3. The molecule has 92 valence electrons. The van der Waals surface area contributed by atoms with E-state index in [9.17, 15) is 14.9 Å². The summed E-state index contributed by atoms with van der Waals surface area (Å²) in [6.07, 6.45) is 0.529. The van der Waals surface area contributed by atoms with E-state index >= 15 is 0 Å². The van der Waals surface area contributed by atoms with E-state index in [0.29, 0.717) is 5.56 Å². The van der Waals surface area contributed by atoms with Crippen LogP contribution in [0.4, 0.5) is 0 Å². The van der Waals surface area contributed by atoms with Gasteiger partial charge >= 0.3 is 5.97 Å². The van der Waals surface area contributed by atoms with Crippen molar-refractivity contribution < 1.29 is 14.3 Å². The van der Waals surface area contributed by atoms with Gasteiger partial charge in [0.25, 0.3) is 0 Å². The van der Waals surface area contributed by atoms with Gasteiger partial charge in [0.15, 0.2) is 0 Å². The van der Waals surface area contributed by atoms with Crippen LogP contribution < -0.4 is 0 Å². The molecule has 1 fully saturated rings. The monoisotopic (exact) mass is 243 g/mol. The van der Waals surface area contributed by atoms with E-state index in [1.54, 1.807) is 25.1 Å². The van der Waals surface area contributed by atoms with E-state index in [1.807, 2.05) is 0 Å². The molecule has 0 aromatic heterocycles. The maximum atomic E-state index is 11.5. The van der Waals surface area contributed by atoms with Crippen molar-refractivity contribution in [2.24, 2.45) is 0 Å². The summed E-state index contributed by atoms with van der Waals surface area (Å²) >= 11 is 0. The number of carbonyl (C=O) groups excluding carboxylic acids is 2. The highest BCUT2D eigenvalue weighted by molar-refractivity contribution is 5.92. The molecule has 0 amide bonds. The summed E-state index contributed by atoms with van der Waals surface area (Å²) in [6, 6.07) is 7.39. The molecule has 0 atom stereocenters. The van der Waals surface area contributed by atoms with Crippen molar-refractivity contribution in [1.29, 1.82) is 5.26 Å². The fourth-order valence-electron chi connectivity index (χ4n) is 2.27. The van der Waals surface area contributed by atoms with Crippen molar-refractivity contribution in [3.63, 3.8) is 0 Å². The molecule has 4 nitrogen and oxygen atoms in total. The maximum absolute atomic E-state index is 11.5. The molecule has 18 heavy (non-hydrogen) atoms. The molecule has 2 rings (SSSR count). The summed E-state index contributed by atoms with van der Waals surface area (Å²) in [5.41, 5.74) is 1.35. The van der Waals surface area contributed by atoms with Gasteiger partial charge in [-0.3, -0.25) is 4.79 Å². The van der Waals surface area contributed by atoms with Gasteiger partial charge in [0.2, 0.25) is 0 Å². The van der Waals surface area contributed by atoms with Gasteiger partial charge in [-0.15, -0.1) is 0 Å². The van der Waals surface area contributed by atoms with Crippen LogP contribution in [0.3, 0.4) is 0 Å². The predicted molar refractivity (Wildman–Crippen MR) is 64.1 cm³/mol. The first-order chi connectivity index (χ1) is 8.52. The van der Waals surface area contributed by atoms with Crippen LogP contribution in [0.5, 0.6) is 0 Å². The number of benzene rings is 1. The van der Waals surface area contributed by atoms with E-state index in [-0.39, 0.29) is 18.6 Å². The third-order valence-electron chi connectivity index (χ3n) is 3.40. The number of hydrogen-bond donors (Lipinski definition) is 0. The number of carbonyl (C=O) groups is 2. The zero-order valence-electron chi connectivity index (χ0n) is 10.3. The van der Waals surface area contributed by atoms with Gasteiger partial charge in [0, 0.05) is 12.8 Å². The molecule has 1 aromatic carbocycles. The Morgan fingerprint density at radius 3 is 2.56 bits per heavy atom. The van der Waals surface area contributed by atoms with E-state index in [2.05, 4.69) is 10.8 Å². The molecule has 1 aliphatic rings. The molecule has 0 radical (unpaired) electrons. The minimum atomic E-state index is -0.698. The Kier molecular flexibility index (Phi) is 2.92. The lowest BCUT2D eigenvalue weighted by molar-refractivity contribution is -0.126. The summed E-state index contributed by atoms with van der Waals surface area (Å²) in [5, 5.41) is 9.23. The number of rotatable bonds is 2. The average molecular weight is 243 g/mol. The lowest BCUT2D eigenvalue weighted by atomic mass is 9.64. The standard InChI is InChI=1S/C14H13NO3/c1-9-5-10(3-4-12(9)13(17)18-2)14(8-15)6-11(16)7-14/h3-5H,6-7H2,1-2H3. The molecule has 0 aliphatic heterocycles. The molecule has 0 heterocycles. The zero-order valence-corrected chi connectivity index (χ0v) is 10.3. The van der Waals surface area contributed by atoms with Crippen molar-refractivity contribution in [2.45, 2.75) is 25.2 Å². The third-order valence-corrected chi connectivity index (χ3v) is 3.40. The first-order valence-electron chi connectivity index (χ1n) is 5.65. The van der Waals surface area contributed by atoms with E-state index in [1.165, 1.54) is 7.11 Å². The van der Waals surface area contributed by atoms with Gasteiger partial charge in [-0.2, -0.15) is 5.26 Å². The van der Waals surface area contributed by atoms with Crippen molar-refractivity contribution >= 4 is 11.8 Å². The average Bonchev–Trinajstić information content (AvgIpc) is 2.33. The summed E-state index contributed by atoms with van der Waals surface area (Å²) in [5.74, 6) is -0.291. The second-order valence-electron chi connectivity index (χ2n) is 4.61. The highest BCUT2D eigenvalue weighted by Gasteiger charge is 2.45. The number of aryl methyl sites for hydroxylation is 1. The Morgan fingerprint density at radius 1 is 1.44 bits per heavy atom. The molecule has 1 saturated carbocycles. The number of ether oxygens (including phenoxy) is 1. The number of nitrogens with zero attached hydrogens (tertiary/aromatic N) is 1. The summed E-state index contributed by atoms with van der Waals surface area (Å²) < 4.78 is 4.67. The highest BCUT2D eigenvalue weighted by Crippen LogP contribution is 2.41. The van der Waals surface area contributed by atoms with Gasteiger partial charge in [0.1, 0.15) is 5.78 Å². The van der Waals surface area contributed by atoms with Crippen LogP contribution in [0.1, 0.15) is 34.3 Å². The topological polar surface area (TPSA) is 67.2 Å². The van der Waals surface area contributed by atoms with Gasteiger partial charge in [0.05, 0.1) is 24.2 Å². The van der Waals surface area contributed by atoms with Crippen molar-refractivity contribution in [2.75, 3.05) is 7.11 Å². The molecule has 1 aliphatic carbocycles. The fraction of sp³-hybridized carbons (Fsp3) is 0.357. The van der Waals surface area contributed by atoms with E-state index < -0.39 is 11.4 Å². The smallest absolute Gasteiger partial charge is 0.338 e. The predicted octanol–water partition coefficient (Wildman–Crippen LogP) is 1.91. The number of ketones is 1. The summed E-state index contributed by atoms with van der Waals surface area (Å²) in [4.78, 5) is 22.6. The molecular weight excluding hydrogens is 230 g/mol. The molecule has 0 bridgehead atoms. The second-order valence-corrected chi connectivity index (χ2v) is 4.61. The van der Waals surface area contributed by atoms with Crippen molar-refractivity contribution in [3.05, 3.63) is 34.9 Å². The Balaban J connectivity index is 2.38. The maximum Gasteiger partial charge on any atom is 0.338 e. The summed E-state index contributed by atoms with van der Waals surface area (Å²) in [6.45, 7) is 1.79. The molecule has 0 spiro atoms. The molecule has 0 unspecified atom stereocenters. The van der Waals surface area contributed by atoms with Crippen LogP contribution >= 0.6 is 0 Å². The van der Waals surface area contributed by atoms with Crippen LogP contribution in [-0.4, -0.2) is 18.9 Å². The molecule has 0 saturated heterocycles. The first-order valence-corrected chi connectivity index (χ1v) is 5.65. The lowest BCUT2D eigenvalue weighted by Gasteiger charge is -2.34. The number of methoxy groups -OCH3 is 1. The number of esters is 1. The van der Waals surface area contributed by atoms with Crippen molar-refractivity contribution in [1.82, 2.24) is 0 Å². The third kappa shape index (κ3) is 1.78. The summed E-state index contributed by atoms with van der Waals surface area (Å²) in [7, 11) is 1.33. The normalized spacial score (nSPS) is 16.6. The minimum Gasteiger partial charge on any atom is -0.465 e. The van der Waals surface area contributed by atoms with Crippen LogP contribution in [0.25, 0.3) is 0 Å². The van der Waals surface area contributed by atoms with Crippen LogP contribution in [-0.2, 0) is 14.9 Å². The van der Waals surface area contributed by atoms with Gasteiger partial charge < -0.3 is 4.74 Å². The molecule has 4 heteroatoms. The molecule has 0 N–H and O–H groups in total. The van der Waals surface area contributed by atoms with Crippen molar-refractivity contribution in [3.8, 4) is 6.07 Å². The van der Waals surface area contributed by atoms with Crippen LogP contribution in [0, 0.1) is 18.3 Å². The number of hydrogen-bond acceptors (Lipinski definition) is 4. The minimum absolute atomic E-state index is 0.103. The Labute approximate surface area is 105 Å². The van der Waals surface area contributed by atoms with Crippen LogP contribution in [0.15, 0.2) is 18.2 Å². The highest BCUT2D eigenvalue weighted by atomic mass is 16.5. The Hall–Kier alpha value is -2.15. The molecule has 1 aromatic rings. The number of nitriles is 1. The van der Waals surface area contributed by atoms with Gasteiger partial charge in [-0.25, -0.2) is 4.79 Å². The molecular formula is C14H13NO3. The van der Waals surface area contributed by atoms with E-state index in [0.717, 1.165) is 11.1 Å². The number of Topliss-reactive ketones (excluding diaryl/α,β-unsaturated/α-hetero) is 1. The first kappa shape index (κ1) is 12.3. The fourth-order valence-corrected chi connectivity index (χ4v) is 2.27. The SMILES string of the molecule is COC(=O)c1ccc(C2(C#N)CC(=O)C2)cc1C. The quantitative estimate of drug-likeness (QED) is 0.744. The Bertz CT molecular complexity index is 561. The lowest BCUT2D eigenvalue weighted by Crippen LogP contribution is -2.40. The van der Waals surface area contributed by atoms with E-state index in [4.69, 9.17) is 0 Å².